The van der Waals surface area contributed by atoms with E-state index >= 15 is 0 Å². The van der Waals surface area contributed by atoms with E-state index in [0.29, 0.717) is 48.8 Å². The highest BCUT2D eigenvalue weighted by Crippen LogP contribution is 2.24. The third kappa shape index (κ3) is 3.86. The molecule has 8 nitrogen and oxygen atoms in total. The van der Waals surface area contributed by atoms with Crippen LogP contribution in [0.3, 0.4) is 0 Å². The fourth-order valence-electron chi connectivity index (χ4n) is 3.81. The minimum atomic E-state index is -0.373. The minimum Gasteiger partial charge on any atom is -0.351 e. The summed E-state index contributed by atoms with van der Waals surface area (Å²) in [6.45, 7) is 2.22. The molecule has 1 amide bonds. The summed E-state index contributed by atoms with van der Waals surface area (Å²) in [5, 5.41) is 8.37. The Hall–Kier alpha value is -3.95. The molecule has 3 heterocycles. The van der Waals surface area contributed by atoms with Crippen LogP contribution in [-0.4, -0.2) is 61.9 Å². The van der Waals surface area contributed by atoms with Crippen molar-refractivity contribution in [2.24, 2.45) is 0 Å². The molecule has 0 spiro atoms. The normalized spacial score (nSPS) is 14.2. The Bertz CT molecular complexity index is 1270. The van der Waals surface area contributed by atoms with Crippen molar-refractivity contribution in [2.75, 3.05) is 31.1 Å². The van der Waals surface area contributed by atoms with E-state index in [4.69, 9.17) is 0 Å². The van der Waals surface area contributed by atoms with Gasteiger partial charge in [-0.05, 0) is 35.9 Å². The number of carbonyl (C=O) groups excluding carboxylic acids is 1. The van der Waals surface area contributed by atoms with Crippen LogP contribution in [0.25, 0.3) is 16.9 Å². The molecule has 32 heavy (non-hydrogen) atoms. The first kappa shape index (κ1) is 20.0. The molecule has 0 N–H and O–H groups in total. The maximum absolute atomic E-state index is 13.6. The Labute approximate surface area is 182 Å². The predicted octanol–water partition coefficient (Wildman–Crippen LogP) is 2.38. The average molecular weight is 435 g/mol. The van der Waals surface area contributed by atoms with E-state index in [1.807, 2.05) is 4.90 Å². The van der Waals surface area contributed by atoms with Crippen LogP contribution in [0, 0.1) is 11.6 Å². The van der Waals surface area contributed by atoms with Gasteiger partial charge in [-0.2, -0.15) is 4.68 Å². The Morgan fingerprint density at radius 3 is 2.47 bits per heavy atom. The third-order valence-electron chi connectivity index (χ3n) is 5.47. The fraction of sp³-hybridized carbons (Fsp3) is 0.227. The zero-order chi connectivity index (χ0) is 22.1. The van der Waals surface area contributed by atoms with Crippen LogP contribution < -0.4 is 4.90 Å². The second kappa shape index (κ2) is 8.29. The highest BCUT2D eigenvalue weighted by molar-refractivity contribution is 5.84. The highest BCUT2D eigenvalue weighted by Gasteiger charge is 2.25. The van der Waals surface area contributed by atoms with Gasteiger partial charge in [-0.25, -0.2) is 18.7 Å². The molecule has 4 aromatic rings. The van der Waals surface area contributed by atoms with E-state index in [1.165, 1.54) is 35.3 Å². The van der Waals surface area contributed by atoms with Crippen molar-refractivity contribution in [2.45, 2.75) is 6.42 Å². The zero-order valence-corrected chi connectivity index (χ0v) is 17.0. The molecule has 0 aliphatic carbocycles. The SMILES string of the molecule is O=C(Cc1ccc(F)cc1)N1CCN(c2ncnc3c2nnn3-c2cccc(F)c2)CC1. The van der Waals surface area contributed by atoms with Gasteiger partial charge in [0.2, 0.25) is 5.91 Å². The number of rotatable bonds is 4. The number of piperazine rings is 1. The Balaban J connectivity index is 1.31. The van der Waals surface area contributed by atoms with Gasteiger partial charge < -0.3 is 9.80 Å². The lowest BCUT2D eigenvalue weighted by Gasteiger charge is -2.35. The minimum absolute atomic E-state index is 0.00106. The quantitative estimate of drug-likeness (QED) is 0.490. The molecular weight excluding hydrogens is 416 g/mol. The van der Waals surface area contributed by atoms with Gasteiger partial charge in [-0.3, -0.25) is 4.79 Å². The number of nitrogens with zero attached hydrogens (tertiary/aromatic N) is 7. The highest BCUT2D eigenvalue weighted by atomic mass is 19.1. The van der Waals surface area contributed by atoms with Crippen molar-refractivity contribution in [1.29, 1.82) is 0 Å². The zero-order valence-electron chi connectivity index (χ0n) is 17.0. The number of fused-ring (bicyclic) bond motifs is 1. The first-order chi connectivity index (χ1) is 15.6. The van der Waals surface area contributed by atoms with Crippen molar-refractivity contribution < 1.29 is 13.6 Å². The Morgan fingerprint density at radius 1 is 0.938 bits per heavy atom. The van der Waals surface area contributed by atoms with E-state index in [-0.39, 0.29) is 24.0 Å². The Kier molecular flexibility index (Phi) is 5.18. The number of halogens is 2. The van der Waals surface area contributed by atoms with Crippen molar-refractivity contribution >= 4 is 22.9 Å². The van der Waals surface area contributed by atoms with E-state index in [1.54, 1.807) is 29.2 Å². The molecule has 5 rings (SSSR count). The van der Waals surface area contributed by atoms with Crippen LogP contribution in [-0.2, 0) is 11.2 Å². The number of anilines is 1. The van der Waals surface area contributed by atoms with Gasteiger partial charge in [0.25, 0.3) is 0 Å². The molecule has 1 aliphatic heterocycles. The number of aromatic nitrogens is 5. The van der Waals surface area contributed by atoms with Crippen molar-refractivity contribution in [3.05, 3.63) is 72.1 Å². The first-order valence-electron chi connectivity index (χ1n) is 10.2. The van der Waals surface area contributed by atoms with Gasteiger partial charge in [0.1, 0.15) is 18.0 Å². The smallest absolute Gasteiger partial charge is 0.227 e. The topological polar surface area (TPSA) is 80.0 Å². The molecule has 1 saturated heterocycles. The van der Waals surface area contributed by atoms with Crippen molar-refractivity contribution in [3.8, 4) is 5.69 Å². The summed E-state index contributed by atoms with van der Waals surface area (Å²) in [7, 11) is 0. The first-order valence-corrected chi connectivity index (χ1v) is 10.2. The molecule has 2 aromatic heterocycles. The molecule has 0 radical (unpaired) electrons. The lowest BCUT2D eigenvalue weighted by atomic mass is 10.1. The molecule has 0 saturated carbocycles. The maximum atomic E-state index is 13.6. The van der Waals surface area contributed by atoms with Crippen LogP contribution in [0.15, 0.2) is 54.9 Å². The summed E-state index contributed by atoms with van der Waals surface area (Å²) in [5.74, 6) is -0.0633. The molecule has 2 aromatic carbocycles. The summed E-state index contributed by atoms with van der Waals surface area (Å²) >= 11 is 0. The van der Waals surface area contributed by atoms with Gasteiger partial charge in [-0.1, -0.05) is 23.4 Å². The molecular formula is C22H19F2N7O. The molecule has 1 fully saturated rings. The molecule has 0 atom stereocenters. The lowest BCUT2D eigenvalue weighted by Crippen LogP contribution is -2.49. The monoisotopic (exact) mass is 435 g/mol. The molecule has 10 heteroatoms. The van der Waals surface area contributed by atoms with Crippen LogP contribution in [0.4, 0.5) is 14.6 Å². The van der Waals surface area contributed by atoms with Gasteiger partial charge in [0.15, 0.2) is 17.0 Å². The summed E-state index contributed by atoms with van der Waals surface area (Å²) in [6.07, 6.45) is 1.67. The molecule has 0 unspecified atom stereocenters. The summed E-state index contributed by atoms with van der Waals surface area (Å²) < 4.78 is 28.2. The predicted molar refractivity (Wildman–Crippen MR) is 113 cm³/mol. The van der Waals surface area contributed by atoms with Gasteiger partial charge >= 0.3 is 0 Å². The molecule has 1 aliphatic rings. The summed E-state index contributed by atoms with van der Waals surface area (Å²) in [4.78, 5) is 25.1. The maximum Gasteiger partial charge on any atom is 0.227 e. The molecule has 0 bridgehead atoms. The Morgan fingerprint density at radius 2 is 1.72 bits per heavy atom. The van der Waals surface area contributed by atoms with Crippen LogP contribution in [0.5, 0.6) is 0 Å². The largest absolute Gasteiger partial charge is 0.351 e. The second-order valence-electron chi connectivity index (χ2n) is 7.52. The van der Waals surface area contributed by atoms with Crippen LogP contribution in [0.2, 0.25) is 0 Å². The van der Waals surface area contributed by atoms with Crippen molar-refractivity contribution in [3.63, 3.8) is 0 Å². The number of hydrogen-bond acceptors (Lipinski definition) is 6. The second-order valence-corrected chi connectivity index (χ2v) is 7.52. The van der Waals surface area contributed by atoms with Crippen LogP contribution >= 0.6 is 0 Å². The van der Waals surface area contributed by atoms with Gasteiger partial charge in [-0.15, -0.1) is 5.10 Å². The average Bonchev–Trinajstić information content (AvgIpc) is 3.25. The van der Waals surface area contributed by atoms with E-state index in [0.717, 1.165) is 5.56 Å². The number of benzene rings is 2. The standard InChI is InChI=1S/C22H19F2N7O/c23-16-6-4-15(5-7-16)12-19(32)29-8-10-30(11-9-29)21-20-22(26-14-25-21)31(28-27-20)18-3-1-2-17(24)13-18/h1-7,13-14H,8-12H2. The summed E-state index contributed by atoms with van der Waals surface area (Å²) in [6, 6.07) is 12.0. The van der Waals surface area contributed by atoms with E-state index < -0.39 is 0 Å². The van der Waals surface area contributed by atoms with Gasteiger partial charge in [0, 0.05) is 26.2 Å². The number of hydrogen-bond donors (Lipinski definition) is 0. The number of carbonyl (C=O) groups is 1. The third-order valence-corrected chi connectivity index (χ3v) is 5.47. The summed E-state index contributed by atoms with van der Waals surface area (Å²) in [5.41, 5.74) is 2.30. The van der Waals surface area contributed by atoms with E-state index in [9.17, 15) is 13.6 Å². The fourth-order valence-corrected chi connectivity index (χ4v) is 3.81. The van der Waals surface area contributed by atoms with E-state index in [2.05, 4.69) is 20.3 Å². The lowest BCUT2D eigenvalue weighted by molar-refractivity contribution is -0.130. The molecule has 162 valence electrons. The van der Waals surface area contributed by atoms with Crippen molar-refractivity contribution in [1.82, 2.24) is 29.9 Å². The van der Waals surface area contributed by atoms with Crippen LogP contribution in [0.1, 0.15) is 5.56 Å². The number of amides is 1. The van der Waals surface area contributed by atoms with Gasteiger partial charge in [0.05, 0.1) is 12.1 Å².